The lowest BCUT2D eigenvalue weighted by molar-refractivity contribution is 0.627. The van der Waals surface area contributed by atoms with Crippen LogP contribution in [0.25, 0.3) is 4.96 Å². The van der Waals surface area contributed by atoms with E-state index in [1.54, 1.807) is 22.6 Å². The van der Waals surface area contributed by atoms with Crippen molar-refractivity contribution in [3.63, 3.8) is 0 Å². The molecule has 0 atom stereocenters. The lowest BCUT2D eigenvalue weighted by Crippen LogP contribution is -2.25. The van der Waals surface area contributed by atoms with Gasteiger partial charge < -0.3 is 10.6 Å². The van der Waals surface area contributed by atoms with E-state index in [4.69, 9.17) is 5.73 Å². The van der Waals surface area contributed by atoms with Crippen LogP contribution in [0.5, 0.6) is 0 Å². The first-order valence-electron chi connectivity index (χ1n) is 7.75. The Kier molecular flexibility index (Phi) is 4.64. The van der Waals surface area contributed by atoms with Gasteiger partial charge in [0.25, 0.3) is 5.56 Å². The number of aryl methyl sites for hydroxylation is 1. The molecule has 0 amide bonds. The number of fused-ring (bicyclic) bond motifs is 1. The minimum absolute atomic E-state index is 0.116. The van der Waals surface area contributed by atoms with E-state index in [1.165, 1.54) is 23.5 Å². The van der Waals surface area contributed by atoms with Gasteiger partial charge in [-0.25, -0.2) is 9.37 Å². The molecular weight excluding hydrogens is 327 g/mol. The topological polar surface area (TPSA) is 63.6 Å². The average molecular weight is 346 g/mol. The first kappa shape index (κ1) is 16.6. The van der Waals surface area contributed by atoms with Crippen LogP contribution >= 0.6 is 11.3 Å². The summed E-state index contributed by atoms with van der Waals surface area (Å²) in [5.74, 6) is -0.268. The predicted octanol–water partition coefficient (Wildman–Crippen LogP) is 2.69. The van der Waals surface area contributed by atoms with Gasteiger partial charge in [-0.3, -0.25) is 9.20 Å². The Morgan fingerprint density at radius 3 is 2.67 bits per heavy atom. The molecule has 2 aromatic heterocycles. The summed E-state index contributed by atoms with van der Waals surface area (Å²) < 4.78 is 14.7. The highest BCUT2D eigenvalue weighted by atomic mass is 32.1. The van der Waals surface area contributed by atoms with Gasteiger partial charge in [0.15, 0.2) is 4.96 Å². The molecule has 126 valence electrons. The number of hydrogen-bond donors (Lipinski definition) is 1. The summed E-state index contributed by atoms with van der Waals surface area (Å²) in [6, 6.07) is 7.86. The number of benzene rings is 1. The van der Waals surface area contributed by atoms with Crippen molar-refractivity contribution in [2.24, 2.45) is 5.73 Å². The molecule has 0 unspecified atom stereocenters. The number of rotatable bonds is 5. The lowest BCUT2D eigenvalue weighted by Gasteiger charge is -2.22. The normalized spacial score (nSPS) is 11.2. The molecule has 0 bridgehead atoms. The second-order valence-electron chi connectivity index (χ2n) is 5.50. The zero-order chi connectivity index (χ0) is 17.3. The van der Waals surface area contributed by atoms with Crippen molar-refractivity contribution in [2.45, 2.75) is 26.9 Å². The fourth-order valence-corrected chi connectivity index (χ4v) is 3.75. The predicted molar refractivity (Wildman–Crippen MR) is 95.1 cm³/mol. The van der Waals surface area contributed by atoms with Crippen LogP contribution in [0.15, 0.2) is 35.1 Å². The maximum Gasteiger partial charge on any atom is 0.259 e. The molecule has 0 spiro atoms. The van der Waals surface area contributed by atoms with Crippen molar-refractivity contribution >= 4 is 22.0 Å². The first-order valence-corrected chi connectivity index (χ1v) is 8.56. The Morgan fingerprint density at radius 1 is 1.33 bits per heavy atom. The summed E-state index contributed by atoms with van der Waals surface area (Å²) in [7, 11) is 0. The van der Waals surface area contributed by atoms with E-state index in [9.17, 15) is 9.18 Å². The third-order valence-electron chi connectivity index (χ3n) is 3.98. The van der Waals surface area contributed by atoms with Crippen molar-refractivity contribution in [3.8, 4) is 0 Å². The Balaban J connectivity index is 1.97. The summed E-state index contributed by atoms with van der Waals surface area (Å²) in [6.45, 7) is 5.48. The molecule has 24 heavy (non-hydrogen) atoms. The Morgan fingerprint density at radius 2 is 2.04 bits per heavy atom. The van der Waals surface area contributed by atoms with Crippen LogP contribution in [0.4, 0.5) is 10.1 Å². The second-order valence-corrected chi connectivity index (χ2v) is 6.69. The zero-order valence-corrected chi connectivity index (χ0v) is 14.4. The monoisotopic (exact) mass is 346 g/mol. The smallest absolute Gasteiger partial charge is 0.259 e. The van der Waals surface area contributed by atoms with E-state index >= 15 is 0 Å². The summed E-state index contributed by atoms with van der Waals surface area (Å²) in [4.78, 5) is 20.8. The van der Waals surface area contributed by atoms with Gasteiger partial charge in [0, 0.05) is 29.7 Å². The zero-order valence-electron chi connectivity index (χ0n) is 13.6. The number of aromatic nitrogens is 2. The van der Waals surface area contributed by atoms with E-state index in [0.29, 0.717) is 23.7 Å². The first-order chi connectivity index (χ1) is 11.5. The third-order valence-corrected chi connectivity index (χ3v) is 4.98. The number of nitrogens with zero attached hydrogens (tertiary/aromatic N) is 3. The highest BCUT2D eigenvalue weighted by Crippen LogP contribution is 2.21. The van der Waals surface area contributed by atoms with Crippen molar-refractivity contribution in [3.05, 3.63) is 62.8 Å². The molecule has 0 fully saturated rings. The van der Waals surface area contributed by atoms with Crippen LogP contribution in [-0.4, -0.2) is 15.9 Å². The van der Waals surface area contributed by atoms with Crippen LogP contribution in [0.3, 0.4) is 0 Å². The molecule has 0 aliphatic heterocycles. The van der Waals surface area contributed by atoms with Gasteiger partial charge in [0.1, 0.15) is 5.82 Å². The van der Waals surface area contributed by atoms with Gasteiger partial charge in [-0.05, 0) is 38.1 Å². The van der Waals surface area contributed by atoms with Crippen LogP contribution in [-0.2, 0) is 13.1 Å². The van der Waals surface area contributed by atoms with Crippen LogP contribution in [0, 0.1) is 12.7 Å². The SMILES string of the molecule is CCN(Cc1cc(=O)n2c(CN)c(C)sc2n1)c1ccc(F)cc1. The fourth-order valence-electron chi connectivity index (χ4n) is 2.73. The number of hydrogen-bond acceptors (Lipinski definition) is 5. The maximum absolute atomic E-state index is 13.1. The van der Waals surface area contributed by atoms with E-state index in [2.05, 4.69) is 4.98 Å². The minimum atomic E-state index is -0.268. The molecule has 2 heterocycles. The van der Waals surface area contributed by atoms with Gasteiger partial charge >= 0.3 is 0 Å². The molecule has 0 saturated heterocycles. The highest BCUT2D eigenvalue weighted by Gasteiger charge is 2.13. The minimum Gasteiger partial charge on any atom is -0.366 e. The highest BCUT2D eigenvalue weighted by molar-refractivity contribution is 7.17. The molecule has 1 aromatic carbocycles. The van der Waals surface area contributed by atoms with Gasteiger partial charge in [-0.2, -0.15) is 0 Å². The van der Waals surface area contributed by atoms with Gasteiger partial charge in [-0.15, -0.1) is 11.3 Å². The van der Waals surface area contributed by atoms with Crippen LogP contribution in [0.2, 0.25) is 0 Å². The van der Waals surface area contributed by atoms with Crippen molar-refractivity contribution < 1.29 is 4.39 Å². The van der Waals surface area contributed by atoms with E-state index in [0.717, 1.165) is 22.8 Å². The van der Waals surface area contributed by atoms with E-state index < -0.39 is 0 Å². The number of thiazole rings is 1. The van der Waals surface area contributed by atoms with Gasteiger partial charge in [0.2, 0.25) is 0 Å². The summed E-state index contributed by atoms with van der Waals surface area (Å²) in [5.41, 5.74) is 8.02. The molecule has 0 radical (unpaired) electrons. The number of halogens is 1. The Hall–Kier alpha value is -2.25. The molecule has 0 aliphatic carbocycles. The second kappa shape index (κ2) is 6.70. The summed E-state index contributed by atoms with van der Waals surface area (Å²) >= 11 is 1.47. The molecule has 0 saturated carbocycles. The number of anilines is 1. The van der Waals surface area contributed by atoms with E-state index in [-0.39, 0.29) is 11.4 Å². The molecular formula is C17H19FN4OS. The molecule has 0 aliphatic rings. The standard InChI is InChI=1S/C17H19FN4OS/c1-3-21(14-6-4-12(18)5-7-14)10-13-8-16(23)22-15(9-19)11(2)24-17(22)20-13/h4-8H,3,9-10,19H2,1-2H3. The van der Waals surface area contributed by atoms with Crippen LogP contribution in [0.1, 0.15) is 23.2 Å². The lowest BCUT2D eigenvalue weighted by atomic mass is 10.2. The molecule has 5 nitrogen and oxygen atoms in total. The third kappa shape index (κ3) is 3.05. The van der Waals surface area contributed by atoms with Gasteiger partial charge in [0.05, 0.1) is 17.9 Å². The van der Waals surface area contributed by atoms with Crippen LogP contribution < -0.4 is 16.2 Å². The molecule has 2 N–H and O–H groups in total. The molecule has 3 rings (SSSR count). The number of nitrogens with two attached hydrogens (primary N) is 1. The average Bonchev–Trinajstić information content (AvgIpc) is 2.89. The fraction of sp³-hybridized carbons (Fsp3) is 0.294. The molecule has 7 heteroatoms. The maximum atomic E-state index is 13.1. The Labute approximate surface area is 143 Å². The quantitative estimate of drug-likeness (QED) is 0.771. The van der Waals surface area contributed by atoms with Crippen molar-refractivity contribution in [1.82, 2.24) is 9.38 Å². The van der Waals surface area contributed by atoms with Crippen molar-refractivity contribution in [1.29, 1.82) is 0 Å². The molecule has 3 aromatic rings. The Bertz CT molecular complexity index is 917. The summed E-state index contributed by atoms with van der Waals surface area (Å²) in [6.07, 6.45) is 0. The van der Waals surface area contributed by atoms with Crippen molar-refractivity contribution in [2.75, 3.05) is 11.4 Å². The van der Waals surface area contributed by atoms with E-state index in [1.807, 2.05) is 18.7 Å². The van der Waals surface area contributed by atoms with Gasteiger partial charge in [-0.1, -0.05) is 0 Å². The largest absolute Gasteiger partial charge is 0.366 e. The summed E-state index contributed by atoms with van der Waals surface area (Å²) in [5, 5.41) is 0.